The molecule has 4 aromatic rings. The van der Waals surface area contributed by atoms with Gasteiger partial charge in [0.1, 0.15) is 11.7 Å². The number of fused-ring (bicyclic) bond motifs is 1. The summed E-state index contributed by atoms with van der Waals surface area (Å²) in [5, 5.41) is 7.52. The van der Waals surface area contributed by atoms with E-state index < -0.39 is 0 Å². The first-order valence-corrected chi connectivity index (χ1v) is 12.1. The van der Waals surface area contributed by atoms with Crippen molar-refractivity contribution in [1.82, 2.24) is 24.6 Å². The predicted molar refractivity (Wildman–Crippen MR) is 143 cm³/mol. The summed E-state index contributed by atoms with van der Waals surface area (Å²) < 4.78 is 20.1. The summed E-state index contributed by atoms with van der Waals surface area (Å²) in [4.78, 5) is 29.7. The third-order valence-corrected chi connectivity index (χ3v) is 6.15. The average molecular weight is 568 g/mol. The monoisotopic (exact) mass is 567 g/mol. The molecule has 0 aliphatic heterocycles. The molecule has 0 saturated heterocycles. The van der Waals surface area contributed by atoms with Gasteiger partial charge < -0.3 is 19.5 Å². The van der Waals surface area contributed by atoms with Crippen molar-refractivity contribution >= 4 is 38.9 Å². The molecule has 0 saturated carbocycles. The smallest absolute Gasteiger partial charge is 0.264 e. The van der Waals surface area contributed by atoms with E-state index in [0.29, 0.717) is 53.5 Å². The third-order valence-electron chi connectivity index (χ3n) is 5.63. The van der Waals surface area contributed by atoms with Crippen LogP contribution in [0.15, 0.2) is 64.3 Å². The molecule has 0 spiro atoms. The first kappa shape index (κ1) is 26.0. The fourth-order valence-electron chi connectivity index (χ4n) is 3.77. The summed E-state index contributed by atoms with van der Waals surface area (Å²) in [6, 6.07) is 11.2. The third kappa shape index (κ3) is 6.00. The molecule has 0 aliphatic rings. The second kappa shape index (κ2) is 11.7. The van der Waals surface area contributed by atoms with E-state index in [2.05, 4.69) is 31.3 Å². The van der Waals surface area contributed by atoms with Crippen molar-refractivity contribution in [2.24, 2.45) is 0 Å². The van der Waals surface area contributed by atoms with Crippen LogP contribution in [0.5, 0.6) is 17.2 Å². The summed E-state index contributed by atoms with van der Waals surface area (Å²) >= 11 is 3.41. The molecule has 37 heavy (non-hydrogen) atoms. The SMILES string of the molecule is COc1cc(/C=C\C(=O)NCCn2ncc3c(=O)n(Cc4ccc(Br)cc4)cnc32)cc(OC)c1OC. The molecule has 0 aliphatic carbocycles. The van der Waals surface area contributed by atoms with Crippen LogP contribution in [0, 0.1) is 0 Å². The minimum atomic E-state index is -0.282. The number of methoxy groups -OCH3 is 3. The number of hydrogen-bond acceptors (Lipinski definition) is 7. The number of ether oxygens (including phenoxy) is 3. The highest BCUT2D eigenvalue weighted by Crippen LogP contribution is 2.38. The first-order chi connectivity index (χ1) is 17.9. The van der Waals surface area contributed by atoms with Gasteiger partial charge in [-0.2, -0.15) is 5.10 Å². The van der Waals surface area contributed by atoms with Crippen LogP contribution in [0.1, 0.15) is 11.1 Å². The zero-order valence-corrected chi connectivity index (χ0v) is 22.2. The normalized spacial score (nSPS) is 11.1. The Morgan fingerprint density at radius 3 is 2.43 bits per heavy atom. The predicted octanol–water partition coefficient (Wildman–Crippen LogP) is 3.26. The molecular formula is C26H26BrN5O5. The largest absolute Gasteiger partial charge is 0.493 e. The quantitative estimate of drug-likeness (QED) is 0.293. The van der Waals surface area contributed by atoms with Crippen LogP contribution in [-0.4, -0.2) is 53.1 Å². The maximum absolute atomic E-state index is 12.9. The maximum atomic E-state index is 12.9. The Morgan fingerprint density at radius 1 is 1.08 bits per heavy atom. The van der Waals surface area contributed by atoms with Gasteiger partial charge in [-0.25, -0.2) is 9.67 Å². The van der Waals surface area contributed by atoms with Crippen molar-refractivity contribution in [3.05, 3.63) is 81.0 Å². The van der Waals surface area contributed by atoms with Crippen molar-refractivity contribution in [3.8, 4) is 17.2 Å². The van der Waals surface area contributed by atoms with Gasteiger partial charge in [-0.15, -0.1) is 0 Å². The Labute approximate surface area is 221 Å². The number of benzene rings is 2. The highest BCUT2D eigenvalue weighted by Gasteiger charge is 2.13. The summed E-state index contributed by atoms with van der Waals surface area (Å²) in [6.45, 7) is 1.07. The molecule has 1 amide bonds. The summed E-state index contributed by atoms with van der Waals surface area (Å²) in [7, 11) is 4.59. The number of carbonyl (C=O) groups is 1. The Hall–Kier alpha value is -4.12. The van der Waals surface area contributed by atoms with Gasteiger partial charge in [0.15, 0.2) is 17.1 Å². The van der Waals surface area contributed by atoms with Crippen molar-refractivity contribution in [2.45, 2.75) is 13.1 Å². The Bertz CT molecular complexity index is 1470. The number of hydrogen-bond donors (Lipinski definition) is 1. The number of nitrogens with zero attached hydrogens (tertiary/aromatic N) is 4. The maximum Gasteiger partial charge on any atom is 0.264 e. The summed E-state index contributed by atoms with van der Waals surface area (Å²) in [5.74, 6) is 1.19. The fourth-order valence-corrected chi connectivity index (χ4v) is 4.04. The lowest BCUT2D eigenvalue weighted by Gasteiger charge is -2.12. The molecule has 1 N–H and O–H groups in total. The van der Waals surface area contributed by atoms with Crippen molar-refractivity contribution in [3.63, 3.8) is 0 Å². The molecule has 2 heterocycles. The highest BCUT2D eigenvalue weighted by atomic mass is 79.9. The number of carbonyl (C=O) groups excluding carboxylic acids is 1. The number of rotatable bonds is 10. The van der Waals surface area contributed by atoms with Gasteiger partial charge in [0.25, 0.3) is 5.56 Å². The Morgan fingerprint density at radius 2 is 1.78 bits per heavy atom. The van der Waals surface area contributed by atoms with Gasteiger partial charge in [-0.3, -0.25) is 14.2 Å². The van der Waals surface area contributed by atoms with Crippen LogP contribution in [0.2, 0.25) is 0 Å². The standard InChI is InChI=1S/C26H26BrN5O5/c1-35-21-12-18(13-22(36-2)24(21)37-3)6-9-23(33)28-10-11-32-25-20(14-30-32)26(34)31(16-29-25)15-17-4-7-19(27)8-5-17/h4-9,12-14,16H,10-11,15H2,1-3H3,(H,28,33)/b9-6-. The Balaban J connectivity index is 1.38. The molecule has 0 bridgehead atoms. The lowest BCUT2D eigenvalue weighted by atomic mass is 10.1. The minimum Gasteiger partial charge on any atom is -0.493 e. The van der Waals surface area contributed by atoms with Crippen LogP contribution >= 0.6 is 15.9 Å². The second-order valence-corrected chi connectivity index (χ2v) is 8.91. The molecule has 0 atom stereocenters. The lowest BCUT2D eigenvalue weighted by Crippen LogP contribution is -2.26. The van der Waals surface area contributed by atoms with Gasteiger partial charge in [0.2, 0.25) is 11.7 Å². The Kier molecular flexibility index (Phi) is 8.24. The first-order valence-electron chi connectivity index (χ1n) is 11.3. The van der Waals surface area contributed by atoms with Gasteiger partial charge in [0.05, 0.1) is 40.6 Å². The molecule has 2 aromatic carbocycles. The van der Waals surface area contributed by atoms with E-state index in [1.54, 1.807) is 27.5 Å². The molecule has 0 fully saturated rings. The molecule has 0 unspecified atom stereocenters. The van der Waals surface area contributed by atoms with E-state index in [0.717, 1.165) is 10.0 Å². The van der Waals surface area contributed by atoms with Crippen molar-refractivity contribution in [1.29, 1.82) is 0 Å². The van der Waals surface area contributed by atoms with E-state index in [1.807, 2.05) is 24.3 Å². The van der Waals surface area contributed by atoms with Crippen LogP contribution in [0.3, 0.4) is 0 Å². The molecule has 10 nitrogen and oxygen atoms in total. The number of nitrogens with one attached hydrogen (secondary N) is 1. The average Bonchev–Trinajstić information content (AvgIpc) is 3.33. The molecule has 4 rings (SSSR count). The number of amides is 1. The topological polar surface area (TPSA) is 110 Å². The molecule has 11 heteroatoms. The summed E-state index contributed by atoms with van der Waals surface area (Å²) in [5.41, 5.74) is 2.00. The summed E-state index contributed by atoms with van der Waals surface area (Å²) in [6.07, 6.45) is 6.10. The molecular weight excluding hydrogens is 542 g/mol. The number of aromatic nitrogens is 4. The van der Waals surface area contributed by atoms with Gasteiger partial charge in [-0.05, 0) is 41.5 Å². The molecule has 2 aromatic heterocycles. The zero-order valence-electron chi connectivity index (χ0n) is 20.6. The van der Waals surface area contributed by atoms with E-state index in [4.69, 9.17) is 14.2 Å². The van der Waals surface area contributed by atoms with E-state index in [9.17, 15) is 9.59 Å². The minimum absolute atomic E-state index is 0.170. The van der Waals surface area contributed by atoms with Crippen molar-refractivity contribution in [2.75, 3.05) is 27.9 Å². The van der Waals surface area contributed by atoms with Crippen LogP contribution in [-0.2, 0) is 17.9 Å². The number of halogens is 1. The van der Waals surface area contributed by atoms with E-state index >= 15 is 0 Å². The fraction of sp³-hybridized carbons (Fsp3) is 0.231. The van der Waals surface area contributed by atoms with Crippen LogP contribution < -0.4 is 25.1 Å². The van der Waals surface area contributed by atoms with Crippen LogP contribution in [0.25, 0.3) is 17.1 Å². The highest BCUT2D eigenvalue weighted by molar-refractivity contribution is 9.10. The van der Waals surface area contributed by atoms with Gasteiger partial charge >= 0.3 is 0 Å². The van der Waals surface area contributed by atoms with Gasteiger partial charge in [0, 0.05) is 17.1 Å². The van der Waals surface area contributed by atoms with Crippen LogP contribution in [0.4, 0.5) is 0 Å². The zero-order chi connectivity index (χ0) is 26.4. The molecule has 192 valence electrons. The van der Waals surface area contributed by atoms with Crippen molar-refractivity contribution < 1.29 is 19.0 Å². The lowest BCUT2D eigenvalue weighted by molar-refractivity contribution is -0.116. The van der Waals surface area contributed by atoms with Gasteiger partial charge in [-0.1, -0.05) is 28.1 Å². The van der Waals surface area contributed by atoms with E-state index in [1.165, 1.54) is 39.9 Å². The molecule has 0 radical (unpaired) electrons. The van der Waals surface area contributed by atoms with E-state index in [-0.39, 0.29) is 11.5 Å². The second-order valence-electron chi connectivity index (χ2n) is 7.99.